The van der Waals surface area contributed by atoms with Crippen LogP contribution in [0.4, 0.5) is 35.1 Å². The fourth-order valence-electron chi connectivity index (χ4n) is 0.808. The van der Waals surface area contributed by atoms with Gasteiger partial charge < -0.3 is 4.74 Å². The van der Waals surface area contributed by atoms with Crippen molar-refractivity contribution in [1.82, 2.24) is 0 Å². The van der Waals surface area contributed by atoms with Crippen LogP contribution in [0.1, 0.15) is 6.42 Å². The number of alkyl halides is 8. The van der Waals surface area contributed by atoms with Crippen LogP contribution in [0.3, 0.4) is 0 Å². The molecule has 0 aromatic rings. The minimum atomic E-state index is -6.41. The van der Waals surface area contributed by atoms with E-state index >= 15 is 0 Å². The Bertz CT molecular complexity index is 325. The summed E-state index contributed by atoms with van der Waals surface area (Å²) in [7, 11) is 0. The van der Waals surface area contributed by atoms with E-state index in [-0.39, 0.29) is 0 Å². The van der Waals surface area contributed by atoms with Crippen LogP contribution < -0.4 is 0 Å². The molecule has 0 spiro atoms. The first-order chi connectivity index (χ1) is 7.90. The van der Waals surface area contributed by atoms with E-state index in [1.54, 1.807) is 0 Å². The summed E-state index contributed by atoms with van der Waals surface area (Å²) < 4.78 is 102. The van der Waals surface area contributed by atoms with E-state index in [9.17, 15) is 39.9 Å². The monoisotopic (exact) mass is 286 g/mol. The maximum atomic E-state index is 12.7. The number of rotatable bonds is 6. The molecule has 0 aliphatic carbocycles. The number of hydrogen-bond donors (Lipinski definition) is 0. The summed E-state index contributed by atoms with van der Waals surface area (Å²) >= 11 is 0. The number of esters is 1. The second-order valence-corrected chi connectivity index (χ2v) is 3.04. The minimum absolute atomic E-state index is 0.293. The molecule has 0 N–H and O–H groups in total. The zero-order valence-electron chi connectivity index (χ0n) is 8.41. The highest BCUT2D eigenvalue weighted by molar-refractivity contribution is 5.71. The normalized spacial score (nSPS) is 13.6. The standard InChI is InChI=1S/C8H6F8O2/c1-2-18-4(17)3-6(11,12)8(15,16)7(13,14)5(9)10/h2,5H,1,3H2. The van der Waals surface area contributed by atoms with Crippen molar-refractivity contribution < 1.29 is 44.7 Å². The Labute approximate surface area is 95.2 Å². The molecule has 0 saturated heterocycles. The van der Waals surface area contributed by atoms with Gasteiger partial charge in [0.1, 0.15) is 6.42 Å². The van der Waals surface area contributed by atoms with Gasteiger partial charge >= 0.3 is 30.2 Å². The molecule has 0 rings (SSSR count). The van der Waals surface area contributed by atoms with E-state index in [4.69, 9.17) is 0 Å². The highest BCUT2D eigenvalue weighted by atomic mass is 19.4. The van der Waals surface area contributed by atoms with Gasteiger partial charge in [-0.25, -0.2) is 8.78 Å². The lowest BCUT2D eigenvalue weighted by molar-refractivity contribution is -0.338. The molecule has 10 heteroatoms. The molecule has 18 heavy (non-hydrogen) atoms. The van der Waals surface area contributed by atoms with Gasteiger partial charge in [-0.15, -0.1) is 0 Å². The summed E-state index contributed by atoms with van der Waals surface area (Å²) in [6.07, 6.45) is -7.22. The lowest BCUT2D eigenvalue weighted by Gasteiger charge is -2.31. The lowest BCUT2D eigenvalue weighted by atomic mass is 10.0. The Hall–Kier alpha value is -1.35. The number of hydrogen-bond acceptors (Lipinski definition) is 2. The first-order valence-corrected chi connectivity index (χ1v) is 4.12. The predicted molar refractivity (Wildman–Crippen MR) is 41.8 cm³/mol. The van der Waals surface area contributed by atoms with Gasteiger partial charge in [0.15, 0.2) is 0 Å². The third-order valence-corrected chi connectivity index (χ3v) is 1.73. The Morgan fingerprint density at radius 1 is 1.17 bits per heavy atom. The molecule has 106 valence electrons. The average molecular weight is 286 g/mol. The molecule has 0 aromatic carbocycles. The first-order valence-electron chi connectivity index (χ1n) is 4.12. The van der Waals surface area contributed by atoms with Gasteiger partial charge in [0, 0.05) is 0 Å². The molecule has 0 atom stereocenters. The highest BCUT2D eigenvalue weighted by Gasteiger charge is 2.75. The third kappa shape index (κ3) is 2.91. The minimum Gasteiger partial charge on any atom is -0.435 e. The SMILES string of the molecule is C=COC(=O)CC(F)(F)C(F)(F)C(F)(F)C(F)F. The molecule has 2 nitrogen and oxygen atoms in total. The van der Waals surface area contributed by atoms with Crippen LogP contribution in [0.5, 0.6) is 0 Å². The maximum Gasteiger partial charge on any atom is 0.378 e. The van der Waals surface area contributed by atoms with Crippen LogP contribution >= 0.6 is 0 Å². The first kappa shape index (κ1) is 16.6. The Morgan fingerprint density at radius 2 is 1.61 bits per heavy atom. The summed E-state index contributed by atoms with van der Waals surface area (Å²) in [5.41, 5.74) is 0. The van der Waals surface area contributed by atoms with Gasteiger partial charge in [-0.1, -0.05) is 6.58 Å². The zero-order valence-corrected chi connectivity index (χ0v) is 8.41. The third-order valence-electron chi connectivity index (χ3n) is 1.73. The molecule has 0 amide bonds. The van der Waals surface area contributed by atoms with Crippen molar-refractivity contribution in [2.75, 3.05) is 0 Å². The molecular weight excluding hydrogens is 280 g/mol. The van der Waals surface area contributed by atoms with E-state index in [1.165, 1.54) is 0 Å². The number of carbonyl (C=O) groups excluding carboxylic acids is 1. The summed E-state index contributed by atoms with van der Waals surface area (Å²) in [6, 6.07) is 0. The van der Waals surface area contributed by atoms with Crippen molar-refractivity contribution in [3.05, 3.63) is 12.8 Å². The smallest absolute Gasteiger partial charge is 0.378 e. The summed E-state index contributed by atoms with van der Waals surface area (Å²) in [4.78, 5) is 10.5. The number of halogens is 8. The second-order valence-electron chi connectivity index (χ2n) is 3.04. The molecule has 0 saturated carbocycles. The van der Waals surface area contributed by atoms with Gasteiger partial charge in [-0.05, 0) is 0 Å². The molecule has 0 aromatic heterocycles. The van der Waals surface area contributed by atoms with Crippen molar-refractivity contribution in [3.63, 3.8) is 0 Å². The van der Waals surface area contributed by atoms with Crippen molar-refractivity contribution in [1.29, 1.82) is 0 Å². The van der Waals surface area contributed by atoms with Gasteiger partial charge in [0.05, 0.1) is 6.26 Å². The predicted octanol–water partition coefficient (Wildman–Crippen LogP) is 3.23. The number of ether oxygens (including phenoxy) is 1. The molecule has 0 aliphatic heterocycles. The topological polar surface area (TPSA) is 26.3 Å². The Balaban J connectivity index is 5.19. The fraction of sp³-hybridized carbons (Fsp3) is 0.625. The van der Waals surface area contributed by atoms with E-state index in [1.807, 2.05) is 0 Å². The highest BCUT2D eigenvalue weighted by Crippen LogP contribution is 2.49. The van der Waals surface area contributed by atoms with E-state index in [0.717, 1.165) is 0 Å². The molecule has 0 heterocycles. The Kier molecular flexibility index (Phi) is 4.72. The quantitative estimate of drug-likeness (QED) is 0.425. The van der Waals surface area contributed by atoms with Crippen LogP contribution in [0.25, 0.3) is 0 Å². The van der Waals surface area contributed by atoms with Crippen LogP contribution in [0.2, 0.25) is 0 Å². The molecule has 0 fully saturated rings. The van der Waals surface area contributed by atoms with Gasteiger partial charge in [-0.3, -0.25) is 4.79 Å². The summed E-state index contributed by atoms with van der Waals surface area (Å²) in [6.45, 7) is 2.73. The number of carbonyl (C=O) groups is 1. The van der Waals surface area contributed by atoms with E-state index in [2.05, 4.69) is 11.3 Å². The molecule has 0 radical (unpaired) electrons. The summed E-state index contributed by atoms with van der Waals surface area (Å²) in [5, 5.41) is 0. The fourth-order valence-corrected chi connectivity index (χ4v) is 0.808. The van der Waals surface area contributed by atoms with E-state index in [0.29, 0.717) is 6.26 Å². The van der Waals surface area contributed by atoms with Gasteiger partial charge in [0.2, 0.25) is 0 Å². The van der Waals surface area contributed by atoms with Gasteiger partial charge in [0.25, 0.3) is 0 Å². The van der Waals surface area contributed by atoms with Crippen molar-refractivity contribution in [3.8, 4) is 0 Å². The van der Waals surface area contributed by atoms with Crippen molar-refractivity contribution in [2.45, 2.75) is 30.6 Å². The Morgan fingerprint density at radius 3 is 1.94 bits per heavy atom. The van der Waals surface area contributed by atoms with Crippen LogP contribution in [-0.4, -0.2) is 30.2 Å². The van der Waals surface area contributed by atoms with Crippen molar-refractivity contribution >= 4 is 5.97 Å². The lowest BCUT2D eigenvalue weighted by Crippen LogP contribution is -2.58. The van der Waals surface area contributed by atoms with Crippen LogP contribution in [0, 0.1) is 0 Å². The summed E-state index contributed by atoms with van der Waals surface area (Å²) in [5.74, 6) is -20.4. The van der Waals surface area contributed by atoms with Gasteiger partial charge in [-0.2, -0.15) is 26.3 Å². The zero-order chi connectivity index (χ0) is 14.8. The maximum absolute atomic E-state index is 12.7. The molecule has 0 bridgehead atoms. The largest absolute Gasteiger partial charge is 0.435 e. The van der Waals surface area contributed by atoms with E-state index < -0.39 is 36.6 Å². The van der Waals surface area contributed by atoms with Crippen LogP contribution in [0.15, 0.2) is 12.8 Å². The molecular formula is C8H6F8O2. The van der Waals surface area contributed by atoms with Crippen molar-refractivity contribution in [2.24, 2.45) is 0 Å². The molecule has 0 unspecified atom stereocenters. The van der Waals surface area contributed by atoms with Crippen LogP contribution in [-0.2, 0) is 9.53 Å². The second kappa shape index (κ2) is 5.11. The average Bonchev–Trinajstić information content (AvgIpc) is 2.15. The molecule has 0 aliphatic rings.